The number of rotatable bonds is 5. The molecular formula is C24H32F3N7O. The van der Waals surface area contributed by atoms with Crippen LogP contribution in [0.4, 0.5) is 19.1 Å². The van der Waals surface area contributed by atoms with E-state index in [4.69, 9.17) is 4.74 Å². The summed E-state index contributed by atoms with van der Waals surface area (Å²) in [6.45, 7) is 5.51. The molecule has 0 aromatic carbocycles. The van der Waals surface area contributed by atoms with Gasteiger partial charge < -0.3 is 9.64 Å². The van der Waals surface area contributed by atoms with Gasteiger partial charge in [-0.2, -0.15) is 33.2 Å². The minimum Gasteiger partial charge on any atom is -0.454 e. The summed E-state index contributed by atoms with van der Waals surface area (Å²) in [6.07, 6.45) is 3.74. The van der Waals surface area contributed by atoms with Crippen molar-refractivity contribution in [1.29, 1.82) is 0 Å². The molecule has 0 radical (unpaired) electrons. The second-order valence-electron chi connectivity index (χ2n) is 11.1. The average molecular weight is 492 g/mol. The number of halogens is 3. The zero-order valence-corrected chi connectivity index (χ0v) is 20.3. The Morgan fingerprint density at radius 1 is 0.914 bits per heavy atom. The van der Waals surface area contributed by atoms with Gasteiger partial charge in [0.15, 0.2) is 6.61 Å². The Labute approximate surface area is 202 Å². The fraction of sp³-hybridized carbons (Fsp3) is 0.750. The molecule has 190 valence electrons. The van der Waals surface area contributed by atoms with Gasteiger partial charge in [0.1, 0.15) is 0 Å². The first kappa shape index (κ1) is 23.0. The lowest BCUT2D eigenvalue weighted by Crippen LogP contribution is -2.64. The van der Waals surface area contributed by atoms with Crippen LogP contribution in [0.25, 0.3) is 5.95 Å². The third-order valence-corrected chi connectivity index (χ3v) is 8.39. The smallest absolute Gasteiger partial charge is 0.422 e. The van der Waals surface area contributed by atoms with E-state index >= 15 is 0 Å². The first-order valence-corrected chi connectivity index (χ1v) is 12.7. The van der Waals surface area contributed by atoms with Crippen LogP contribution in [0, 0.1) is 31.6 Å². The summed E-state index contributed by atoms with van der Waals surface area (Å²) in [6, 6.07) is 1.53. The standard InChI is InChI=1S/C24H32F3N7O/c1-15-7-16(2)34(31-15)21-28-20(29-22(30-21)35-14-24(25,26)27)32-3-5-33(6-4-32)23-11-17-8-18(12-23)10-19(9-17)13-23/h7,17-19H,3-6,8-14H2,1-2H3. The second kappa shape index (κ2) is 8.31. The number of ether oxygens (including phenoxy) is 1. The van der Waals surface area contributed by atoms with Gasteiger partial charge in [0.05, 0.1) is 5.69 Å². The molecule has 0 N–H and O–H groups in total. The van der Waals surface area contributed by atoms with Gasteiger partial charge in [0, 0.05) is 37.4 Å². The van der Waals surface area contributed by atoms with Crippen molar-refractivity contribution < 1.29 is 17.9 Å². The lowest BCUT2D eigenvalue weighted by Gasteiger charge is -2.61. The van der Waals surface area contributed by atoms with Gasteiger partial charge in [-0.25, -0.2) is 4.68 Å². The van der Waals surface area contributed by atoms with Crippen LogP contribution >= 0.6 is 0 Å². The molecule has 4 saturated carbocycles. The van der Waals surface area contributed by atoms with Gasteiger partial charge in [0.2, 0.25) is 5.95 Å². The highest BCUT2D eigenvalue weighted by molar-refractivity contribution is 5.36. The third kappa shape index (κ3) is 4.47. The Hall–Kier alpha value is -2.43. The molecule has 8 nitrogen and oxygen atoms in total. The first-order chi connectivity index (χ1) is 16.7. The van der Waals surface area contributed by atoms with E-state index in [9.17, 15) is 13.2 Å². The lowest BCUT2D eigenvalue weighted by atomic mass is 9.52. The molecule has 2 aromatic rings. The zero-order chi connectivity index (χ0) is 24.4. The molecule has 7 rings (SSSR count). The summed E-state index contributed by atoms with van der Waals surface area (Å²) in [5, 5.41) is 4.39. The maximum Gasteiger partial charge on any atom is 0.422 e. The molecule has 3 heterocycles. The minimum atomic E-state index is -4.48. The molecule has 4 bridgehead atoms. The number of nitrogens with zero attached hydrogens (tertiary/aromatic N) is 7. The largest absolute Gasteiger partial charge is 0.454 e. The van der Waals surface area contributed by atoms with E-state index in [1.54, 1.807) is 0 Å². The van der Waals surface area contributed by atoms with Gasteiger partial charge in [-0.3, -0.25) is 4.90 Å². The zero-order valence-electron chi connectivity index (χ0n) is 20.3. The van der Waals surface area contributed by atoms with Crippen LogP contribution in [0.15, 0.2) is 6.07 Å². The molecule has 0 unspecified atom stereocenters. The number of anilines is 1. The normalized spacial score (nSPS) is 30.8. The van der Waals surface area contributed by atoms with Crippen LogP contribution in [0.1, 0.15) is 49.9 Å². The van der Waals surface area contributed by atoms with E-state index in [1.165, 1.54) is 43.2 Å². The molecule has 35 heavy (non-hydrogen) atoms. The minimum absolute atomic E-state index is 0.168. The number of hydrogen-bond acceptors (Lipinski definition) is 7. The number of aromatic nitrogens is 5. The van der Waals surface area contributed by atoms with Gasteiger partial charge in [-0.1, -0.05) is 0 Å². The molecular weight excluding hydrogens is 459 g/mol. The molecule has 0 spiro atoms. The maximum atomic E-state index is 12.8. The van der Waals surface area contributed by atoms with E-state index < -0.39 is 12.8 Å². The molecule has 0 atom stereocenters. The second-order valence-corrected chi connectivity index (χ2v) is 11.1. The maximum absolute atomic E-state index is 12.8. The molecule has 2 aromatic heterocycles. The molecule has 0 amide bonds. The van der Waals surface area contributed by atoms with Crippen molar-refractivity contribution in [2.24, 2.45) is 17.8 Å². The summed E-state index contributed by atoms with van der Waals surface area (Å²) in [5.41, 5.74) is 1.90. The third-order valence-electron chi connectivity index (χ3n) is 8.39. The Kier molecular flexibility index (Phi) is 5.46. The Bertz CT molecular complexity index is 1060. The molecule has 11 heteroatoms. The number of piperazine rings is 1. The summed E-state index contributed by atoms with van der Waals surface area (Å²) >= 11 is 0. The van der Waals surface area contributed by atoms with E-state index in [0.29, 0.717) is 11.5 Å². The van der Waals surface area contributed by atoms with Crippen LogP contribution in [-0.2, 0) is 0 Å². The highest BCUT2D eigenvalue weighted by atomic mass is 19.4. The lowest BCUT2D eigenvalue weighted by molar-refractivity contribution is -0.154. The highest BCUT2D eigenvalue weighted by Crippen LogP contribution is 2.57. The topological polar surface area (TPSA) is 72.2 Å². The first-order valence-electron chi connectivity index (χ1n) is 12.7. The van der Waals surface area contributed by atoms with E-state index in [0.717, 1.165) is 55.3 Å². The summed E-state index contributed by atoms with van der Waals surface area (Å²) in [4.78, 5) is 17.7. The number of alkyl halides is 3. The Balaban J connectivity index is 1.22. The van der Waals surface area contributed by atoms with Crippen molar-refractivity contribution in [1.82, 2.24) is 29.6 Å². The molecule has 5 fully saturated rings. The van der Waals surface area contributed by atoms with Crippen molar-refractivity contribution in [2.75, 3.05) is 37.7 Å². The van der Waals surface area contributed by atoms with Crippen LogP contribution in [0.2, 0.25) is 0 Å². The summed E-state index contributed by atoms with van der Waals surface area (Å²) in [5.74, 6) is 3.17. The van der Waals surface area contributed by atoms with E-state index in [2.05, 4.69) is 25.0 Å². The number of aryl methyl sites for hydroxylation is 2. The van der Waals surface area contributed by atoms with Crippen molar-refractivity contribution in [3.05, 3.63) is 17.5 Å². The van der Waals surface area contributed by atoms with E-state index in [1.807, 2.05) is 24.8 Å². The predicted octanol–water partition coefficient (Wildman–Crippen LogP) is 3.71. The van der Waals surface area contributed by atoms with Gasteiger partial charge >= 0.3 is 12.2 Å². The molecule has 4 aliphatic carbocycles. The van der Waals surface area contributed by atoms with Crippen molar-refractivity contribution >= 4 is 5.95 Å². The predicted molar refractivity (Wildman–Crippen MR) is 123 cm³/mol. The summed E-state index contributed by atoms with van der Waals surface area (Å²) < 4.78 is 44.9. The molecule has 1 saturated heterocycles. The Morgan fingerprint density at radius 2 is 1.51 bits per heavy atom. The van der Waals surface area contributed by atoms with Crippen LogP contribution in [0.5, 0.6) is 6.01 Å². The molecule has 1 aliphatic heterocycles. The monoisotopic (exact) mass is 491 g/mol. The quantitative estimate of drug-likeness (QED) is 0.632. The van der Waals surface area contributed by atoms with Crippen LogP contribution < -0.4 is 9.64 Å². The fourth-order valence-electron chi connectivity index (χ4n) is 7.45. The Morgan fingerprint density at radius 3 is 2.06 bits per heavy atom. The van der Waals surface area contributed by atoms with Gasteiger partial charge in [-0.05, 0) is 76.2 Å². The van der Waals surface area contributed by atoms with Gasteiger partial charge in [-0.15, -0.1) is 0 Å². The van der Waals surface area contributed by atoms with Gasteiger partial charge in [0.25, 0.3) is 5.95 Å². The average Bonchev–Trinajstić information content (AvgIpc) is 3.14. The van der Waals surface area contributed by atoms with Crippen LogP contribution in [-0.4, -0.2) is 74.1 Å². The van der Waals surface area contributed by atoms with Crippen molar-refractivity contribution in [3.63, 3.8) is 0 Å². The fourth-order valence-corrected chi connectivity index (χ4v) is 7.45. The highest BCUT2D eigenvalue weighted by Gasteiger charge is 2.53. The SMILES string of the molecule is Cc1cc(C)n(-c2nc(OCC(F)(F)F)nc(N3CCN(C45CC6CC(CC(C6)C4)C5)CC3)n2)n1. The van der Waals surface area contributed by atoms with E-state index in [-0.39, 0.29) is 12.0 Å². The summed E-state index contributed by atoms with van der Waals surface area (Å²) in [7, 11) is 0. The van der Waals surface area contributed by atoms with Crippen LogP contribution in [0.3, 0.4) is 0 Å². The van der Waals surface area contributed by atoms with Crippen molar-refractivity contribution in [3.8, 4) is 12.0 Å². The number of hydrogen-bond donors (Lipinski definition) is 0. The molecule has 5 aliphatic rings. The van der Waals surface area contributed by atoms with Crippen molar-refractivity contribution in [2.45, 2.75) is 64.1 Å².